The Balaban J connectivity index is 2.41. The molecule has 0 aliphatic heterocycles. The molecule has 1 aromatic heterocycles. The molecule has 0 spiro atoms. The maximum Gasteiger partial charge on any atom is 0.379 e. The summed E-state index contributed by atoms with van der Waals surface area (Å²) in [5.41, 5.74) is 0.190. The molecule has 102 valence electrons. The molecule has 0 saturated heterocycles. The number of halogens is 1. The van der Waals surface area contributed by atoms with Crippen LogP contribution < -0.4 is 10.4 Å². The lowest BCUT2D eigenvalue weighted by Crippen LogP contribution is -2.31. The second kappa shape index (κ2) is 5.80. The lowest BCUT2D eigenvalue weighted by molar-refractivity contribution is 0.258. The minimum Gasteiger partial charge on any atom is -0.487 e. The largest absolute Gasteiger partial charge is 0.487 e. The Morgan fingerprint density at radius 3 is 2.74 bits per heavy atom. The van der Waals surface area contributed by atoms with Gasteiger partial charge in [0.25, 0.3) is 0 Å². The van der Waals surface area contributed by atoms with Crippen LogP contribution in [0.3, 0.4) is 0 Å². The summed E-state index contributed by atoms with van der Waals surface area (Å²) in [6.45, 7) is 6.48. The van der Waals surface area contributed by atoms with Gasteiger partial charge in [-0.1, -0.05) is 31.6 Å². The van der Waals surface area contributed by atoms with Gasteiger partial charge in [0, 0.05) is 16.5 Å². The lowest BCUT2D eigenvalue weighted by atomic mass is 10.2. The first-order valence-electron chi connectivity index (χ1n) is 6.41. The highest BCUT2D eigenvalue weighted by atomic mass is 35.5. The third-order valence-electron chi connectivity index (χ3n) is 3.09. The normalized spacial score (nSPS) is 12.9. The Morgan fingerprint density at radius 2 is 2.11 bits per heavy atom. The van der Waals surface area contributed by atoms with E-state index >= 15 is 0 Å². The molecule has 2 aromatic rings. The van der Waals surface area contributed by atoms with Crippen LogP contribution in [0.15, 0.2) is 33.5 Å². The highest BCUT2D eigenvalue weighted by Gasteiger charge is 2.17. The summed E-state index contributed by atoms with van der Waals surface area (Å²) in [7, 11) is -0.970. The number of fused-ring (bicyclic) bond motifs is 1. The maximum atomic E-state index is 11.9. The molecule has 0 amide bonds. The molecule has 0 N–H and O–H groups in total. The summed E-state index contributed by atoms with van der Waals surface area (Å²) in [6, 6.07) is 6.96. The first kappa shape index (κ1) is 14.2. The summed E-state index contributed by atoms with van der Waals surface area (Å²) in [5.74, 6) is 0.294. The van der Waals surface area contributed by atoms with Crippen molar-refractivity contribution in [2.24, 2.45) is 0 Å². The van der Waals surface area contributed by atoms with E-state index in [1.807, 2.05) is 6.07 Å². The Labute approximate surface area is 118 Å². The van der Waals surface area contributed by atoms with Gasteiger partial charge in [0.15, 0.2) is 0 Å². The van der Waals surface area contributed by atoms with E-state index in [0.717, 1.165) is 11.8 Å². The van der Waals surface area contributed by atoms with Crippen LogP contribution in [0.5, 0.6) is 5.75 Å². The summed E-state index contributed by atoms with van der Waals surface area (Å²) >= 11 is 5.87. The Morgan fingerprint density at radius 1 is 1.37 bits per heavy atom. The first-order valence-corrected chi connectivity index (χ1v) is 9.76. The van der Waals surface area contributed by atoms with Crippen molar-refractivity contribution in [2.45, 2.75) is 32.2 Å². The molecule has 0 aliphatic rings. The van der Waals surface area contributed by atoms with E-state index < -0.39 is 14.4 Å². The lowest BCUT2D eigenvalue weighted by Gasteiger charge is -2.19. The molecule has 0 fully saturated rings. The van der Waals surface area contributed by atoms with Gasteiger partial charge in [0.05, 0.1) is 14.5 Å². The van der Waals surface area contributed by atoms with E-state index in [1.165, 1.54) is 0 Å². The molecule has 1 unspecified atom stereocenters. The van der Waals surface area contributed by atoms with Crippen LogP contribution in [0.4, 0.5) is 0 Å². The van der Waals surface area contributed by atoms with Crippen LogP contribution in [-0.4, -0.2) is 14.5 Å². The molecule has 0 aliphatic carbocycles. The van der Waals surface area contributed by atoms with Gasteiger partial charge in [-0.2, -0.15) is 0 Å². The van der Waals surface area contributed by atoms with Crippen LogP contribution in [0.2, 0.25) is 18.1 Å². The SMILES string of the molecule is CCC(Oc1cc2ccc(Cl)cc2oc1=O)[SiH](C)C. The molecule has 1 heterocycles. The highest BCUT2D eigenvalue weighted by Crippen LogP contribution is 2.22. The molecular formula is C14H17ClO3Si. The smallest absolute Gasteiger partial charge is 0.379 e. The van der Waals surface area contributed by atoms with Crippen LogP contribution in [0.1, 0.15) is 13.3 Å². The predicted octanol–water partition coefficient (Wildman–Crippen LogP) is 3.63. The van der Waals surface area contributed by atoms with Crippen molar-refractivity contribution >= 4 is 31.4 Å². The van der Waals surface area contributed by atoms with Crippen molar-refractivity contribution in [3.05, 3.63) is 39.7 Å². The fourth-order valence-corrected chi connectivity index (χ4v) is 3.53. The van der Waals surface area contributed by atoms with Crippen molar-refractivity contribution in [3.8, 4) is 5.75 Å². The standard InChI is InChI=1S/C14H17ClO3Si/c1-4-13(19(2)3)17-12-7-9-5-6-10(15)8-11(9)18-14(12)16/h5-8,13,19H,4H2,1-3H3. The topological polar surface area (TPSA) is 39.4 Å². The number of hydrogen-bond donors (Lipinski definition) is 0. The Kier molecular flexibility index (Phi) is 4.32. The van der Waals surface area contributed by atoms with Crippen molar-refractivity contribution < 1.29 is 9.15 Å². The van der Waals surface area contributed by atoms with Crippen LogP contribution >= 0.6 is 11.6 Å². The molecule has 1 atom stereocenters. The van der Waals surface area contributed by atoms with E-state index in [9.17, 15) is 4.79 Å². The number of hydrogen-bond acceptors (Lipinski definition) is 3. The Hall–Kier alpha value is -1.26. The average molecular weight is 297 g/mol. The summed E-state index contributed by atoms with van der Waals surface area (Å²) in [6.07, 6.45) is 0.905. The summed E-state index contributed by atoms with van der Waals surface area (Å²) in [5, 5.41) is 1.37. The van der Waals surface area contributed by atoms with E-state index in [2.05, 4.69) is 20.0 Å². The average Bonchev–Trinajstić information content (AvgIpc) is 2.35. The van der Waals surface area contributed by atoms with Crippen molar-refractivity contribution in [3.63, 3.8) is 0 Å². The zero-order valence-corrected chi connectivity index (χ0v) is 13.2. The zero-order valence-electron chi connectivity index (χ0n) is 11.3. The molecule has 3 nitrogen and oxygen atoms in total. The molecule has 5 heteroatoms. The van der Waals surface area contributed by atoms with Crippen molar-refractivity contribution in [1.29, 1.82) is 0 Å². The van der Waals surface area contributed by atoms with Gasteiger partial charge in [0.2, 0.25) is 5.75 Å². The summed E-state index contributed by atoms with van der Waals surface area (Å²) < 4.78 is 11.1. The zero-order chi connectivity index (χ0) is 14.0. The van der Waals surface area contributed by atoms with Crippen LogP contribution in [-0.2, 0) is 0 Å². The fraction of sp³-hybridized carbons (Fsp3) is 0.357. The molecule has 0 radical (unpaired) electrons. The minimum absolute atomic E-state index is 0.146. The van der Waals surface area contributed by atoms with Gasteiger partial charge in [-0.3, -0.25) is 0 Å². The van der Waals surface area contributed by atoms with E-state index in [0.29, 0.717) is 16.4 Å². The maximum absolute atomic E-state index is 11.9. The Bertz CT molecular complexity index is 636. The van der Waals surface area contributed by atoms with Gasteiger partial charge in [-0.15, -0.1) is 0 Å². The molecule has 0 saturated carbocycles. The molecule has 19 heavy (non-hydrogen) atoms. The number of rotatable bonds is 4. The molecule has 0 bridgehead atoms. The number of ether oxygens (including phenoxy) is 1. The predicted molar refractivity (Wildman–Crippen MR) is 81.1 cm³/mol. The van der Waals surface area contributed by atoms with E-state index in [-0.39, 0.29) is 5.73 Å². The van der Waals surface area contributed by atoms with E-state index in [1.54, 1.807) is 18.2 Å². The monoisotopic (exact) mass is 296 g/mol. The third-order valence-corrected chi connectivity index (χ3v) is 5.42. The molecule has 2 rings (SSSR count). The molecule has 1 aromatic carbocycles. The van der Waals surface area contributed by atoms with Crippen LogP contribution in [0, 0.1) is 0 Å². The first-order chi connectivity index (χ1) is 9.01. The van der Waals surface area contributed by atoms with Crippen molar-refractivity contribution in [1.82, 2.24) is 0 Å². The second-order valence-electron chi connectivity index (χ2n) is 4.89. The third kappa shape index (κ3) is 3.19. The fourth-order valence-electron chi connectivity index (χ4n) is 2.00. The van der Waals surface area contributed by atoms with Gasteiger partial charge < -0.3 is 9.15 Å². The minimum atomic E-state index is -0.970. The molecular weight excluding hydrogens is 280 g/mol. The highest BCUT2D eigenvalue weighted by molar-refractivity contribution is 6.57. The van der Waals surface area contributed by atoms with Gasteiger partial charge in [-0.25, -0.2) is 4.79 Å². The van der Waals surface area contributed by atoms with Gasteiger partial charge in [-0.05, 0) is 24.6 Å². The van der Waals surface area contributed by atoms with Crippen molar-refractivity contribution in [2.75, 3.05) is 0 Å². The second-order valence-corrected chi connectivity index (χ2v) is 8.56. The van der Waals surface area contributed by atoms with Crippen LogP contribution in [0.25, 0.3) is 11.0 Å². The van der Waals surface area contributed by atoms with Gasteiger partial charge >= 0.3 is 5.63 Å². The summed E-state index contributed by atoms with van der Waals surface area (Å²) in [4.78, 5) is 11.9. The quantitative estimate of drug-likeness (QED) is 0.639. The van der Waals surface area contributed by atoms with E-state index in [4.69, 9.17) is 20.8 Å². The number of benzene rings is 1. The van der Waals surface area contributed by atoms with Gasteiger partial charge in [0.1, 0.15) is 5.58 Å².